The van der Waals surface area contributed by atoms with Gasteiger partial charge in [-0.2, -0.15) is 0 Å². The van der Waals surface area contributed by atoms with Crippen LogP contribution in [0.4, 0.5) is 0 Å². The number of hydrogen-bond donors (Lipinski definition) is 11. The van der Waals surface area contributed by atoms with Crippen molar-refractivity contribution in [3.63, 3.8) is 0 Å². The summed E-state index contributed by atoms with van der Waals surface area (Å²) in [6.45, 7) is 13.2. The Bertz CT molecular complexity index is 1950. The minimum atomic E-state index is -2.15. The monoisotopic (exact) mass is 970 g/mol. The first kappa shape index (κ1) is 52.1. The minimum absolute atomic E-state index is 0.0282. The average molecular weight is 971 g/mol. The molecular weight excluding hydrogens is 897 g/mol. The molecule has 20 heteroatoms. The lowest BCUT2D eigenvalue weighted by Crippen LogP contribution is -2.69. The zero-order valence-corrected chi connectivity index (χ0v) is 39.9. The van der Waals surface area contributed by atoms with Crippen molar-refractivity contribution in [1.82, 2.24) is 0 Å². The Balaban J connectivity index is 1.13. The van der Waals surface area contributed by atoms with Crippen molar-refractivity contribution in [3.8, 4) is 0 Å². The quantitative estimate of drug-likeness (QED) is 0.0778. The molecule has 0 spiro atoms. The van der Waals surface area contributed by atoms with Crippen molar-refractivity contribution in [3.05, 3.63) is 11.6 Å². The number of allylic oxidation sites excluding steroid dienone is 2. The summed E-state index contributed by atoms with van der Waals surface area (Å²) in [5, 5.41) is 119. The van der Waals surface area contributed by atoms with Crippen LogP contribution in [0.5, 0.6) is 0 Å². The first-order valence-electron chi connectivity index (χ1n) is 24.3. The summed E-state index contributed by atoms with van der Waals surface area (Å²) in [6, 6.07) is 0. The highest BCUT2D eigenvalue weighted by atomic mass is 16.8. The van der Waals surface area contributed by atoms with Gasteiger partial charge in [-0.3, -0.25) is 4.79 Å². The van der Waals surface area contributed by atoms with Gasteiger partial charge in [0.2, 0.25) is 0 Å². The molecule has 3 saturated heterocycles. The van der Waals surface area contributed by atoms with Crippen LogP contribution < -0.4 is 0 Å². The van der Waals surface area contributed by atoms with E-state index in [1.807, 2.05) is 0 Å². The van der Waals surface area contributed by atoms with Crippen LogP contribution in [0.1, 0.15) is 106 Å². The number of aliphatic hydroxyl groups is 9. The van der Waals surface area contributed by atoms with Crippen molar-refractivity contribution < 1.29 is 99.0 Å². The van der Waals surface area contributed by atoms with Crippen molar-refractivity contribution in [2.75, 3.05) is 6.61 Å². The molecule has 68 heavy (non-hydrogen) atoms. The molecule has 0 aromatic carbocycles. The standard InChI is InChI=1S/C48H74O20/c1-20-28(52)30(54)32(56)39(63-20)66-35-34(58)36(38(59)60)67-41(37(35)68-40-33(57)31(55)29(53)23(18-49)64-40)65-27-11-12-44(4)24(45(27,5)19-50)10-13-46(6)25(44)9-8-21-22-16-43(2,3)14-15-48(22,42(61)62)26(51)17-47(21,46)7/h8,19-20,22-37,39-41,49,51-58H,9-18H2,1-7H3,(H,59,60)(H,61,62)/t20-,22?,23?,24+,25?,26-,27-,28-,29-,30?,31-,32?,33?,34-,35-,36?,37?,39-,40-,41+,44?,45?,46?,47+,48+/m0/s1. The number of rotatable bonds is 10. The topological polar surface area (TPSA) is 329 Å². The van der Waals surface area contributed by atoms with Gasteiger partial charge in [-0.15, -0.1) is 0 Å². The minimum Gasteiger partial charge on any atom is -0.481 e. The number of carboxylic acids is 2. The maximum absolute atomic E-state index is 13.8. The van der Waals surface area contributed by atoms with Crippen LogP contribution in [-0.2, 0) is 42.8 Å². The van der Waals surface area contributed by atoms with E-state index in [4.69, 9.17) is 28.4 Å². The van der Waals surface area contributed by atoms with E-state index in [2.05, 4.69) is 40.7 Å². The van der Waals surface area contributed by atoms with Gasteiger partial charge >= 0.3 is 11.9 Å². The van der Waals surface area contributed by atoms with Crippen LogP contribution in [0.25, 0.3) is 0 Å². The van der Waals surface area contributed by atoms with E-state index in [1.54, 1.807) is 6.92 Å². The molecular formula is C48H74O20. The highest BCUT2D eigenvalue weighted by Crippen LogP contribution is 2.76. The summed E-state index contributed by atoms with van der Waals surface area (Å²) in [5.74, 6) is -3.37. The Labute approximate surface area is 395 Å². The number of aliphatic carboxylic acids is 2. The third-order valence-electron chi connectivity index (χ3n) is 19.3. The number of carboxylic acid groups (broad SMARTS) is 2. The summed E-state index contributed by atoms with van der Waals surface area (Å²) in [5.41, 5.74) is -3.12. The number of fused-ring (bicyclic) bond motifs is 7. The smallest absolute Gasteiger partial charge is 0.335 e. The van der Waals surface area contributed by atoms with E-state index >= 15 is 0 Å². The van der Waals surface area contributed by atoms with Crippen LogP contribution in [0, 0.1) is 50.2 Å². The number of carbonyl (C=O) groups is 3. The van der Waals surface area contributed by atoms with E-state index in [1.165, 1.54) is 6.92 Å². The Kier molecular flexibility index (Phi) is 13.8. The van der Waals surface area contributed by atoms with Crippen LogP contribution in [0.15, 0.2) is 11.6 Å². The summed E-state index contributed by atoms with van der Waals surface area (Å²) >= 11 is 0. The normalized spacial score (nSPS) is 54.5. The predicted molar refractivity (Wildman–Crippen MR) is 231 cm³/mol. The molecule has 11 N–H and O–H groups in total. The number of ether oxygens (including phenoxy) is 6. The summed E-state index contributed by atoms with van der Waals surface area (Å²) < 4.78 is 36.2. The second-order valence-electron chi connectivity index (χ2n) is 23.3. The van der Waals surface area contributed by atoms with E-state index in [-0.39, 0.29) is 36.0 Å². The van der Waals surface area contributed by atoms with Crippen molar-refractivity contribution >= 4 is 18.2 Å². The van der Waals surface area contributed by atoms with Gasteiger partial charge < -0.3 is 89.4 Å². The highest BCUT2D eigenvalue weighted by molar-refractivity contribution is 5.78. The fourth-order valence-corrected chi connectivity index (χ4v) is 15.0. The second-order valence-corrected chi connectivity index (χ2v) is 23.3. The zero-order chi connectivity index (χ0) is 50.0. The number of carbonyl (C=O) groups excluding carboxylic acids is 1. The molecule has 25 atom stereocenters. The molecule has 11 unspecified atom stereocenters. The number of hydrogen-bond acceptors (Lipinski definition) is 18. The highest BCUT2D eigenvalue weighted by Gasteiger charge is 2.72. The van der Waals surface area contributed by atoms with Gasteiger partial charge in [0.05, 0.1) is 30.3 Å². The van der Waals surface area contributed by atoms with Gasteiger partial charge in [0.25, 0.3) is 0 Å². The van der Waals surface area contributed by atoms with Crippen molar-refractivity contribution in [2.24, 2.45) is 50.2 Å². The van der Waals surface area contributed by atoms with Gasteiger partial charge in [-0.25, -0.2) is 4.79 Å². The molecule has 3 heterocycles. The third kappa shape index (κ3) is 7.77. The van der Waals surface area contributed by atoms with Crippen LogP contribution in [-0.4, -0.2) is 185 Å². The molecule has 8 aliphatic rings. The van der Waals surface area contributed by atoms with Gasteiger partial charge in [-0.1, -0.05) is 53.2 Å². The fraction of sp³-hybridized carbons (Fsp3) is 0.896. The van der Waals surface area contributed by atoms with Gasteiger partial charge in [-0.05, 0) is 104 Å². The molecule has 0 radical (unpaired) electrons. The molecule has 0 bridgehead atoms. The van der Waals surface area contributed by atoms with E-state index in [0.717, 1.165) is 11.9 Å². The van der Waals surface area contributed by atoms with Crippen molar-refractivity contribution in [1.29, 1.82) is 0 Å². The lowest BCUT2D eigenvalue weighted by Gasteiger charge is -2.71. The maximum Gasteiger partial charge on any atom is 0.335 e. The predicted octanol–water partition coefficient (Wildman–Crippen LogP) is -0.0241. The van der Waals surface area contributed by atoms with Crippen molar-refractivity contribution in [2.45, 2.75) is 211 Å². The molecule has 5 aliphatic carbocycles. The summed E-state index contributed by atoms with van der Waals surface area (Å²) in [6.07, 6.45) is -21.9. The average Bonchev–Trinajstić information content (AvgIpc) is 3.27. The fourth-order valence-electron chi connectivity index (χ4n) is 15.0. The van der Waals surface area contributed by atoms with Gasteiger partial charge in [0.15, 0.2) is 25.0 Å². The third-order valence-corrected chi connectivity index (χ3v) is 19.3. The molecule has 8 rings (SSSR count). The van der Waals surface area contributed by atoms with Crippen LogP contribution in [0.2, 0.25) is 0 Å². The van der Waals surface area contributed by atoms with E-state index in [0.29, 0.717) is 44.9 Å². The molecule has 0 aromatic heterocycles. The molecule has 7 fully saturated rings. The summed E-state index contributed by atoms with van der Waals surface area (Å²) in [7, 11) is 0. The Hall–Kier alpha value is -2.25. The molecule has 0 aromatic rings. The largest absolute Gasteiger partial charge is 0.481 e. The van der Waals surface area contributed by atoms with E-state index in [9.17, 15) is 70.6 Å². The zero-order valence-electron chi connectivity index (χ0n) is 39.9. The Morgan fingerprint density at radius 1 is 0.706 bits per heavy atom. The first-order chi connectivity index (χ1) is 31.7. The Morgan fingerprint density at radius 2 is 1.34 bits per heavy atom. The molecule has 20 nitrogen and oxygen atoms in total. The molecule has 3 aliphatic heterocycles. The SMILES string of the molecule is C[C@@H]1O[C@@H](O[C@@H]2C(O[C@@H]3OC(CO)[C@H](O)[C@H](O)C3O)[C@H](O[C@H]3CCC4(C)C5CC=C6C7CC(C)(C)CC[C@]7(C(=O)O)[C@@H](O)C[C@@]6(C)C5(C)CC[C@H]4C3(C)C=O)OC(C(=O)O)[C@H]2O)C(O)C(O)[C@H]1O. The summed E-state index contributed by atoms with van der Waals surface area (Å²) in [4.78, 5) is 39.9. The van der Waals surface area contributed by atoms with Gasteiger partial charge in [0, 0.05) is 0 Å². The number of aldehydes is 1. The van der Waals surface area contributed by atoms with Gasteiger partial charge in [0.1, 0.15) is 72.7 Å². The first-order valence-corrected chi connectivity index (χ1v) is 24.3. The lowest BCUT2D eigenvalue weighted by molar-refractivity contribution is -0.394. The molecule has 4 saturated carbocycles. The molecule has 386 valence electrons. The molecule has 0 amide bonds. The Morgan fingerprint density at radius 3 is 1.96 bits per heavy atom. The van der Waals surface area contributed by atoms with Crippen LogP contribution in [0.3, 0.4) is 0 Å². The van der Waals surface area contributed by atoms with Crippen LogP contribution >= 0.6 is 0 Å². The maximum atomic E-state index is 13.8. The number of aliphatic hydroxyl groups excluding tert-OH is 9. The van der Waals surface area contributed by atoms with E-state index < -0.39 is 150 Å². The lowest BCUT2D eigenvalue weighted by atomic mass is 9.33. The second kappa shape index (κ2) is 18.0.